The van der Waals surface area contributed by atoms with E-state index >= 15 is 0 Å². The van der Waals surface area contributed by atoms with Crippen molar-refractivity contribution in [2.45, 2.75) is 61.4 Å². The van der Waals surface area contributed by atoms with Gasteiger partial charge in [-0.3, -0.25) is 4.99 Å². The number of aryl methyl sites for hydroxylation is 2. The predicted octanol–water partition coefficient (Wildman–Crippen LogP) is 8.02. The van der Waals surface area contributed by atoms with E-state index in [1.165, 1.54) is 19.5 Å². The van der Waals surface area contributed by atoms with Crippen LogP contribution in [0.15, 0.2) is 65.7 Å². The standard InChI is InChI=1S/C24H27N3O.C6H15N.C2H6/c1-16-5-12-23(22(25)13-16)26-15-19-7-6-17(2)24(14-19)27-18(3)20-8-10-21(28-4)11-9-20;1-4-6-7(3)5-2;1-2/h5-14,26H,15,25H2,1-4H3;4-6H2,1-3H3;1-2H3. The van der Waals surface area contributed by atoms with Gasteiger partial charge in [-0.1, -0.05) is 45.9 Å². The van der Waals surface area contributed by atoms with Crippen LogP contribution in [0.2, 0.25) is 0 Å². The molecule has 5 nitrogen and oxygen atoms in total. The van der Waals surface area contributed by atoms with E-state index in [2.05, 4.69) is 62.3 Å². The highest BCUT2D eigenvalue weighted by Gasteiger charge is 2.04. The molecule has 202 valence electrons. The molecule has 0 amide bonds. The van der Waals surface area contributed by atoms with Crippen LogP contribution in [0.25, 0.3) is 0 Å². The Kier molecular flexibility index (Phi) is 14.7. The van der Waals surface area contributed by atoms with Crippen molar-refractivity contribution in [1.82, 2.24) is 4.90 Å². The molecule has 0 spiro atoms. The first-order valence-corrected chi connectivity index (χ1v) is 13.3. The maximum Gasteiger partial charge on any atom is 0.118 e. The summed E-state index contributed by atoms with van der Waals surface area (Å²) >= 11 is 0. The molecule has 5 heteroatoms. The first-order chi connectivity index (χ1) is 17.8. The van der Waals surface area contributed by atoms with Gasteiger partial charge in [-0.15, -0.1) is 0 Å². The number of benzene rings is 3. The molecule has 0 aromatic heterocycles. The van der Waals surface area contributed by atoms with Crippen molar-refractivity contribution in [3.8, 4) is 5.75 Å². The quantitative estimate of drug-likeness (QED) is 0.229. The molecule has 0 fully saturated rings. The number of ether oxygens (including phenoxy) is 1. The fraction of sp³-hybridized carbons (Fsp3) is 0.406. The van der Waals surface area contributed by atoms with Gasteiger partial charge in [-0.05, 0) is 112 Å². The molecule has 3 rings (SSSR count). The topological polar surface area (TPSA) is 62.9 Å². The van der Waals surface area contributed by atoms with Gasteiger partial charge in [0, 0.05) is 12.3 Å². The highest BCUT2D eigenvalue weighted by molar-refractivity contribution is 6.00. The number of anilines is 2. The Hall–Kier alpha value is -3.31. The van der Waals surface area contributed by atoms with Gasteiger partial charge in [0.25, 0.3) is 0 Å². The molecule has 0 radical (unpaired) electrons. The molecule has 0 aliphatic rings. The minimum Gasteiger partial charge on any atom is -0.497 e. The van der Waals surface area contributed by atoms with Gasteiger partial charge >= 0.3 is 0 Å². The Morgan fingerprint density at radius 2 is 1.65 bits per heavy atom. The molecular formula is C32H48N4O. The number of methoxy groups -OCH3 is 1. The van der Waals surface area contributed by atoms with Crippen molar-refractivity contribution in [3.63, 3.8) is 0 Å². The van der Waals surface area contributed by atoms with E-state index in [-0.39, 0.29) is 0 Å². The number of rotatable bonds is 9. The summed E-state index contributed by atoms with van der Waals surface area (Å²) < 4.78 is 5.22. The number of nitrogen functional groups attached to an aromatic ring is 1. The molecule has 0 saturated heterocycles. The van der Waals surface area contributed by atoms with Gasteiger partial charge in [0.05, 0.1) is 24.2 Å². The fourth-order valence-corrected chi connectivity index (χ4v) is 3.54. The largest absolute Gasteiger partial charge is 0.497 e. The van der Waals surface area contributed by atoms with E-state index in [0.29, 0.717) is 6.54 Å². The molecule has 0 atom stereocenters. The van der Waals surface area contributed by atoms with E-state index in [4.69, 9.17) is 15.5 Å². The van der Waals surface area contributed by atoms with Crippen LogP contribution in [-0.4, -0.2) is 37.9 Å². The summed E-state index contributed by atoms with van der Waals surface area (Å²) in [5, 5.41) is 3.41. The molecule has 0 saturated carbocycles. The van der Waals surface area contributed by atoms with Crippen LogP contribution in [0, 0.1) is 13.8 Å². The van der Waals surface area contributed by atoms with Gasteiger partial charge in [0.15, 0.2) is 0 Å². The summed E-state index contributed by atoms with van der Waals surface area (Å²) in [6.07, 6.45) is 1.27. The molecule has 3 N–H and O–H groups in total. The van der Waals surface area contributed by atoms with Crippen LogP contribution in [0.4, 0.5) is 17.1 Å². The molecule has 0 aliphatic carbocycles. The predicted molar refractivity (Wildman–Crippen MR) is 164 cm³/mol. The van der Waals surface area contributed by atoms with Crippen molar-refractivity contribution >= 4 is 22.8 Å². The lowest BCUT2D eigenvalue weighted by Crippen LogP contribution is -2.17. The minimum absolute atomic E-state index is 0.692. The van der Waals surface area contributed by atoms with Crippen LogP contribution < -0.4 is 15.8 Å². The average Bonchev–Trinajstić information content (AvgIpc) is 2.91. The molecule has 0 bridgehead atoms. The molecular weight excluding hydrogens is 456 g/mol. The van der Waals surface area contributed by atoms with E-state index in [9.17, 15) is 0 Å². The van der Waals surface area contributed by atoms with Crippen molar-refractivity contribution in [1.29, 1.82) is 0 Å². The van der Waals surface area contributed by atoms with Gasteiger partial charge in [0.2, 0.25) is 0 Å². The molecule has 3 aromatic carbocycles. The van der Waals surface area contributed by atoms with Crippen LogP contribution in [-0.2, 0) is 6.54 Å². The lowest BCUT2D eigenvalue weighted by molar-refractivity contribution is 0.353. The third-order valence-corrected chi connectivity index (χ3v) is 5.90. The lowest BCUT2D eigenvalue weighted by atomic mass is 10.1. The number of nitrogens with two attached hydrogens (primary N) is 1. The average molecular weight is 505 g/mol. The minimum atomic E-state index is 0.692. The third kappa shape index (κ3) is 11.1. The second-order valence-corrected chi connectivity index (χ2v) is 8.89. The first-order valence-electron chi connectivity index (χ1n) is 13.3. The smallest absolute Gasteiger partial charge is 0.118 e. The Labute approximate surface area is 225 Å². The Morgan fingerprint density at radius 1 is 0.973 bits per heavy atom. The van der Waals surface area contributed by atoms with Gasteiger partial charge in [-0.25, -0.2) is 0 Å². The van der Waals surface area contributed by atoms with E-state index in [1.807, 2.05) is 64.1 Å². The second kappa shape index (κ2) is 17.2. The van der Waals surface area contributed by atoms with Crippen LogP contribution in [0.3, 0.4) is 0 Å². The normalized spacial score (nSPS) is 10.7. The van der Waals surface area contributed by atoms with Crippen LogP contribution >= 0.6 is 0 Å². The summed E-state index contributed by atoms with van der Waals surface area (Å²) in [6.45, 7) is 17.6. The van der Waals surface area contributed by atoms with E-state index in [1.54, 1.807) is 7.11 Å². The molecule has 0 unspecified atom stereocenters. The van der Waals surface area contributed by atoms with E-state index in [0.717, 1.165) is 50.8 Å². The summed E-state index contributed by atoms with van der Waals surface area (Å²) in [5.41, 5.74) is 14.3. The first kappa shape index (κ1) is 31.7. The Morgan fingerprint density at radius 3 is 2.19 bits per heavy atom. The zero-order valence-corrected chi connectivity index (χ0v) is 24.5. The monoisotopic (exact) mass is 504 g/mol. The zero-order chi connectivity index (χ0) is 27.8. The Balaban J connectivity index is 0.000000659. The SMILES string of the molecule is CC.CCCN(C)CC.COc1ccc(C(C)=Nc2cc(CNc3ccc(C)cc3N)ccc2C)cc1. The van der Waals surface area contributed by atoms with Crippen molar-refractivity contribution in [3.05, 3.63) is 82.9 Å². The molecule has 37 heavy (non-hydrogen) atoms. The number of aliphatic imine (C=N–C) groups is 1. The number of hydrogen-bond acceptors (Lipinski definition) is 5. The van der Waals surface area contributed by atoms with Crippen molar-refractivity contribution < 1.29 is 4.74 Å². The molecule has 3 aromatic rings. The number of nitrogens with one attached hydrogen (secondary N) is 1. The maximum atomic E-state index is 6.10. The Bertz CT molecular complexity index is 1090. The number of nitrogens with zero attached hydrogens (tertiary/aromatic N) is 2. The second-order valence-electron chi connectivity index (χ2n) is 8.89. The van der Waals surface area contributed by atoms with Gasteiger partial charge < -0.3 is 20.7 Å². The maximum absolute atomic E-state index is 6.10. The van der Waals surface area contributed by atoms with Crippen LogP contribution in [0.5, 0.6) is 5.75 Å². The van der Waals surface area contributed by atoms with Crippen LogP contribution in [0.1, 0.15) is 63.3 Å². The van der Waals surface area contributed by atoms with Crippen molar-refractivity contribution in [2.24, 2.45) is 4.99 Å². The summed E-state index contributed by atoms with van der Waals surface area (Å²) in [6, 6.07) is 20.4. The highest BCUT2D eigenvalue weighted by Crippen LogP contribution is 2.24. The van der Waals surface area contributed by atoms with Gasteiger partial charge in [-0.2, -0.15) is 0 Å². The number of hydrogen-bond donors (Lipinski definition) is 2. The summed E-state index contributed by atoms with van der Waals surface area (Å²) in [7, 11) is 3.81. The van der Waals surface area contributed by atoms with Gasteiger partial charge in [0.1, 0.15) is 5.75 Å². The highest BCUT2D eigenvalue weighted by atomic mass is 16.5. The fourth-order valence-electron chi connectivity index (χ4n) is 3.54. The third-order valence-electron chi connectivity index (χ3n) is 5.90. The molecule has 0 heterocycles. The molecule has 0 aliphatic heterocycles. The zero-order valence-electron chi connectivity index (χ0n) is 24.5. The lowest BCUT2D eigenvalue weighted by Gasteiger charge is -2.12. The summed E-state index contributed by atoms with van der Waals surface area (Å²) in [5.74, 6) is 0.844. The van der Waals surface area contributed by atoms with Crippen molar-refractivity contribution in [2.75, 3.05) is 38.3 Å². The van der Waals surface area contributed by atoms with E-state index < -0.39 is 0 Å². The summed E-state index contributed by atoms with van der Waals surface area (Å²) in [4.78, 5) is 7.16.